The highest BCUT2D eigenvalue weighted by Crippen LogP contribution is 2.42. The number of fused-ring (bicyclic) bond motifs is 1. The molecule has 7 nitrogen and oxygen atoms in total. The molecule has 0 radical (unpaired) electrons. The molecule has 0 atom stereocenters. The minimum Gasteiger partial charge on any atom is -0.454 e. The molecular weight excluding hydrogens is 510 g/mol. The maximum Gasteiger partial charge on any atom is 0.261 e. The topological polar surface area (TPSA) is 85.1 Å². The summed E-state index contributed by atoms with van der Waals surface area (Å²) in [4.78, 5) is 20.9. The second-order valence-corrected chi connectivity index (χ2v) is 10.3. The Morgan fingerprint density at radius 2 is 1.97 bits per heavy atom. The Balaban J connectivity index is 1.51. The van der Waals surface area contributed by atoms with Crippen LogP contribution in [0, 0.1) is 11.6 Å². The molecule has 10 heteroatoms. The van der Waals surface area contributed by atoms with Crippen molar-refractivity contribution in [2.75, 3.05) is 10.5 Å². The molecule has 1 fully saturated rings. The number of rotatable bonds is 8. The number of H-pyrrole nitrogens is 1. The van der Waals surface area contributed by atoms with Crippen molar-refractivity contribution in [3.8, 4) is 34.1 Å². The van der Waals surface area contributed by atoms with Crippen molar-refractivity contribution < 1.29 is 17.9 Å². The minimum atomic E-state index is -0.823. The number of aromatic amines is 1. The van der Waals surface area contributed by atoms with E-state index < -0.39 is 11.6 Å². The number of pyridine rings is 1. The van der Waals surface area contributed by atoms with E-state index in [1.54, 1.807) is 37.6 Å². The number of hydrogen-bond donors (Lipinski definition) is 2. The molecule has 3 heterocycles. The van der Waals surface area contributed by atoms with Gasteiger partial charge >= 0.3 is 0 Å². The van der Waals surface area contributed by atoms with Crippen molar-refractivity contribution in [3.63, 3.8) is 0 Å². The highest BCUT2D eigenvalue weighted by atomic mass is 32.2. The predicted molar refractivity (Wildman–Crippen MR) is 145 cm³/mol. The smallest absolute Gasteiger partial charge is 0.261 e. The van der Waals surface area contributed by atoms with Crippen LogP contribution in [0.5, 0.6) is 11.5 Å². The van der Waals surface area contributed by atoms with E-state index in [9.17, 15) is 13.6 Å². The monoisotopic (exact) mass is 534 g/mol. The van der Waals surface area contributed by atoms with Gasteiger partial charge in [-0.25, -0.2) is 13.8 Å². The Bertz CT molecular complexity index is 1720. The molecule has 6 rings (SSSR count). The second-order valence-electron chi connectivity index (χ2n) is 9.19. The molecule has 0 unspecified atom stereocenters. The van der Waals surface area contributed by atoms with Crippen molar-refractivity contribution in [2.24, 2.45) is 7.05 Å². The van der Waals surface area contributed by atoms with E-state index in [1.165, 1.54) is 22.6 Å². The predicted octanol–water partition coefficient (Wildman–Crippen LogP) is 7.22. The van der Waals surface area contributed by atoms with E-state index in [2.05, 4.69) is 14.7 Å². The Morgan fingerprint density at radius 1 is 1.16 bits per heavy atom. The minimum absolute atomic E-state index is 0.123. The fourth-order valence-corrected chi connectivity index (χ4v) is 4.76. The van der Waals surface area contributed by atoms with Gasteiger partial charge in [-0.2, -0.15) is 0 Å². The number of nitrogens with zero attached hydrogens (tertiary/aromatic N) is 2. The van der Waals surface area contributed by atoms with Crippen LogP contribution < -0.4 is 15.0 Å². The maximum atomic E-state index is 14.5. The Kier molecular flexibility index (Phi) is 6.19. The lowest BCUT2D eigenvalue weighted by Gasteiger charge is -2.15. The largest absolute Gasteiger partial charge is 0.454 e. The molecule has 0 aliphatic heterocycles. The molecule has 0 spiro atoms. The lowest BCUT2D eigenvalue weighted by molar-refractivity contribution is 0.439. The third-order valence-electron chi connectivity index (χ3n) is 6.39. The van der Waals surface area contributed by atoms with Gasteiger partial charge in [0, 0.05) is 47.8 Å². The highest BCUT2D eigenvalue weighted by Gasteiger charge is 2.27. The lowest BCUT2D eigenvalue weighted by Crippen LogP contribution is -2.15. The first kappa shape index (κ1) is 24.3. The van der Waals surface area contributed by atoms with E-state index in [0.717, 1.165) is 42.2 Å². The molecular formula is C28H24F2N4O3S. The summed E-state index contributed by atoms with van der Waals surface area (Å²) in [6.45, 7) is 2.03. The summed E-state index contributed by atoms with van der Waals surface area (Å²) in [5.74, 6) is 1.37. The fraction of sp³-hybridized carbons (Fsp3) is 0.214. The summed E-state index contributed by atoms with van der Waals surface area (Å²) >= 11 is 1.52. The molecule has 38 heavy (non-hydrogen) atoms. The molecule has 0 bridgehead atoms. The number of anilines is 1. The number of aryl methyl sites for hydroxylation is 1. The van der Waals surface area contributed by atoms with E-state index in [-0.39, 0.29) is 11.3 Å². The summed E-state index contributed by atoms with van der Waals surface area (Å²) in [5, 5.41) is 0.391. The van der Waals surface area contributed by atoms with Crippen LogP contribution in [0.3, 0.4) is 0 Å². The van der Waals surface area contributed by atoms with Gasteiger partial charge in [-0.3, -0.25) is 4.79 Å². The summed E-state index contributed by atoms with van der Waals surface area (Å²) < 4.78 is 44.9. The number of halogens is 2. The van der Waals surface area contributed by atoms with Gasteiger partial charge in [-0.1, -0.05) is 18.9 Å². The van der Waals surface area contributed by atoms with Crippen LogP contribution in [0.4, 0.5) is 14.5 Å². The average Bonchev–Trinajstić information content (AvgIpc) is 3.46. The number of benzene rings is 2. The highest BCUT2D eigenvalue weighted by molar-refractivity contribution is 8.00. The molecule has 3 aromatic heterocycles. The van der Waals surface area contributed by atoms with E-state index in [1.807, 2.05) is 13.0 Å². The van der Waals surface area contributed by atoms with Crippen molar-refractivity contribution in [3.05, 3.63) is 82.7 Å². The third kappa shape index (κ3) is 4.56. The summed E-state index contributed by atoms with van der Waals surface area (Å²) in [6.07, 6.45) is 5.60. The van der Waals surface area contributed by atoms with Crippen molar-refractivity contribution in [2.45, 2.75) is 25.7 Å². The Hall–Kier alpha value is -4.05. The molecule has 1 aliphatic carbocycles. The number of aromatic nitrogens is 3. The van der Waals surface area contributed by atoms with Crippen LogP contribution in [0.2, 0.25) is 0 Å². The van der Waals surface area contributed by atoms with Crippen LogP contribution in [0.25, 0.3) is 33.6 Å². The molecule has 2 aromatic carbocycles. The fourth-order valence-electron chi connectivity index (χ4n) is 4.33. The Morgan fingerprint density at radius 3 is 2.74 bits per heavy atom. The van der Waals surface area contributed by atoms with Crippen LogP contribution in [0.15, 0.2) is 64.1 Å². The van der Waals surface area contributed by atoms with Gasteiger partial charge in [0.1, 0.15) is 28.7 Å². The standard InChI is InChI=1S/C28H24F2N4O3S/c1-3-38-33-17-7-9-23(36-24-8-6-16(29)10-21(24)30)18(11-17)20-14-34(2)28(35)19-12-25(37-26(19)20)22-13-31-27(32-22)15-4-5-15/h6-15,33H,3-5H2,1-2H3,(H,31,32). The molecule has 194 valence electrons. The zero-order chi connectivity index (χ0) is 26.4. The van der Waals surface area contributed by atoms with Crippen molar-refractivity contribution >= 4 is 28.6 Å². The molecule has 0 saturated heterocycles. The van der Waals surface area contributed by atoms with Crippen LogP contribution >= 0.6 is 11.9 Å². The van der Waals surface area contributed by atoms with Gasteiger partial charge in [0.2, 0.25) is 0 Å². The average molecular weight is 535 g/mol. The van der Waals surface area contributed by atoms with Crippen molar-refractivity contribution in [1.29, 1.82) is 0 Å². The van der Waals surface area contributed by atoms with Crippen LogP contribution in [-0.4, -0.2) is 20.3 Å². The third-order valence-corrected chi connectivity index (χ3v) is 7.06. The van der Waals surface area contributed by atoms with Gasteiger partial charge < -0.3 is 23.4 Å². The summed E-state index contributed by atoms with van der Waals surface area (Å²) in [6, 6.07) is 10.2. The molecule has 5 aromatic rings. The van der Waals surface area contributed by atoms with Gasteiger partial charge in [0.15, 0.2) is 17.3 Å². The zero-order valence-electron chi connectivity index (χ0n) is 20.7. The quantitative estimate of drug-likeness (QED) is 0.205. The van der Waals surface area contributed by atoms with Crippen LogP contribution in [-0.2, 0) is 7.05 Å². The SMILES string of the molecule is CCSNc1ccc(Oc2ccc(F)cc2F)c(-c2cn(C)c(=O)c3cc(-c4cnc(C5CC5)[nH]4)oc23)c1. The number of hydrogen-bond acceptors (Lipinski definition) is 6. The number of ether oxygens (including phenoxy) is 1. The van der Waals surface area contributed by atoms with Crippen LogP contribution in [0.1, 0.15) is 31.5 Å². The zero-order valence-corrected chi connectivity index (χ0v) is 21.5. The first-order valence-corrected chi connectivity index (χ1v) is 13.2. The lowest BCUT2D eigenvalue weighted by atomic mass is 10.0. The number of nitrogens with one attached hydrogen (secondary N) is 2. The molecule has 0 amide bonds. The molecule has 1 saturated carbocycles. The van der Waals surface area contributed by atoms with E-state index in [0.29, 0.717) is 45.2 Å². The first-order valence-electron chi connectivity index (χ1n) is 12.2. The van der Waals surface area contributed by atoms with Gasteiger partial charge in [-0.05, 0) is 49.2 Å². The molecule has 2 N–H and O–H groups in total. The normalized spacial score (nSPS) is 13.3. The maximum absolute atomic E-state index is 14.5. The molecule has 1 aliphatic rings. The second kappa shape index (κ2) is 9.68. The van der Waals surface area contributed by atoms with Gasteiger partial charge in [0.25, 0.3) is 5.56 Å². The number of imidazole rings is 1. The van der Waals surface area contributed by atoms with E-state index >= 15 is 0 Å². The summed E-state index contributed by atoms with van der Waals surface area (Å²) in [7, 11) is 1.66. The Labute approximate surface area is 221 Å². The first-order chi connectivity index (χ1) is 18.4. The van der Waals surface area contributed by atoms with E-state index in [4.69, 9.17) is 9.15 Å². The van der Waals surface area contributed by atoms with Crippen molar-refractivity contribution in [1.82, 2.24) is 14.5 Å². The van der Waals surface area contributed by atoms with Gasteiger partial charge in [-0.15, -0.1) is 0 Å². The summed E-state index contributed by atoms with van der Waals surface area (Å²) in [5.41, 5.74) is 2.78. The number of furan rings is 1. The van der Waals surface area contributed by atoms with Gasteiger partial charge in [0.05, 0.1) is 11.6 Å².